The summed E-state index contributed by atoms with van der Waals surface area (Å²) in [4.78, 5) is 10.8. The van der Waals surface area contributed by atoms with Gasteiger partial charge in [-0.3, -0.25) is 4.79 Å². The number of rotatable bonds is 8. The molecule has 0 saturated heterocycles. The van der Waals surface area contributed by atoms with E-state index in [0.29, 0.717) is 29.7 Å². The number of carbonyl (C=O) groups is 1. The molecule has 0 radical (unpaired) electrons. The van der Waals surface area contributed by atoms with E-state index in [0.717, 1.165) is 11.3 Å². The summed E-state index contributed by atoms with van der Waals surface area (Å²) in [5.41, 5.74) is 7.31. The Morgan fingerprint density at radius 1 is 1.03 bits per heavy atom. The van der Waals surface area contributed by atoms with Crippen molar-refractivity contribution in [2.75, 3.05) is 7.11 Å². The lowest BCUT2D eigenvalue weighted by Gasteiger charge is -2.15. The second-order valence-corrected chi connectivity index (χ2v) is 8.05. The van der Waals surface area contributed by atoms with Crippen molar-refractivity contribution in [3.8, 4) is 17.2 Å². The van der Waals surface area contributed by atoms with Crippen LogP contribution in [-0.4, -0.2) is 30.3 Å². The molecule has 0 amide bonds. The van der Waals surface area contributed by atoms with Gasteiger partial charge in [0.1, 0.15) is 12.4 Å². The third-order valence-corrected chi connectivity index (χ3v) is 4.92. The Hall–Kier alpha value is -2.73. The number of hydrogen-bond acceptors (Lipinski definition) is 5. The zero-order valence-electron chi connectivity index (χ0n) is 18.8. The molecule has 0 spiro atoms. The minimum atomic E-state index is -0.880. The molecule has 0 bridgehead atoms. The Labute approximate surface area is 185 Å². The third-order valence-electron chi connectivity index (χ3n) is 4.92. The van der Waals surface area contributed by atoms with Gasteiger partial charge in [0.25, 0.3) is 0 Å². The van der Waals surface area contributed by atoms with Gasteiger partial charge in [0.2, 0.25) is 0 Å². The molecule has 2 aromatic rings. The summed E-state index contributed by atoms with van der Waals surface area (Å²) in [7, 11) is 1.53. The fourth-order valence-electron chi connectivity index (χ4n) is 3.35. The highest BCUT2D eigenvalue weighted by Gasteiger charge is 2.09. The van der Waals surface area contributed by atoms with Gasteiger partial charge in [-0.25, -0.2) is 0 Å². The quantitative estimate of drug-likeness (QED) is 0.616. The largest absolute Gasteiger partial charge is 0.493 e. The topological polar surface area (TPSA) is 91.0 Å². The highest BCUT2D eigenvalue weighted by molar-refractivity contribution is 5.70. The predicted molar refractivity (Wildman–Crippen MR) is 122 cm³/mol. The predicted octanol–water partition coefficient (Wildman–Crippen LogP) is 4.97. The normalized spacial score (nSPS) is 13.8. The van der Waals surface area contributed by atoms with Crippen LogP contribution >= 0.6 is 0 Å². The molecule has 0 heterocycles. The van der Waals surface area contributed by atoms with E-state index in [4.69, 9.17) is 25.1 Å². The molecule has 1 fully saturated rings. The van der Waals surface area contributed by atoms with Crippen molar-refractivity contribution in [3.05, 3.63) is 53.6 Å². The number of carboxylic acids is 1. The van der Waals surface area contributed by atoms with E-state index in [-0.39, 0.29) is 12.5 Å². The SMILES string of the molecule is COc1cc(CC(=O)O)ccc1OCc1ccc(OC(C)C)cc1.NC1CCCCC1. The molecule has 6 heteroatoms. The van der Waals surface area contributed by atoms with Crippen molar-refractivity contribution in [1.82, 2.24) is 0 Å². The highest BCUT2D eigenvalue weighted by Crippen LogP contribution is 2.29. The zero-order valence-corrected chi connectivity index (χ0v) is 18.8. The van der Waals surface area contributed by atoms with Crippen LogP contribution in [0.5, 0.6) is 17.2 Å². The number of methoxy groups -OCH3 is 1. The minimum Gasteiger partial charge on any atom is -0.493 e. The number of carboxylic acid groups (broad SMARTS) is 1. The highest BCUT2D eigenvalue weighted by atomic mass is 16.5. The average molecular weight is 430 g/mol. The van der Waals surface area contributed by atoms with Gasteiger partial charge in [-0.2, -0.15) is 0 Å². The molecule has 3 N–H and O–H groups in total. The van der Waals surface area contributed by atoms with E-state index in [9.17, 15) is 4.79 Å². The molecule has 2 aromatic carbocycles. The molecule has 1 aliphatic rings. The van der Waals surface area contributed by atoms with Gasteiger partial charge in [-0.05, 0) is 62.1 Å². The average Bonchev–Trinajstić information content (AvgIpc) is 2.74. The van der Waals surface area contributed by atoms with E-state index < -0.39 is 5.97 Å². The Balaban J connectivity index is 0.000000412. The molecule has 0 unspecified atom stereocenters. The van der Waals surface area contributed by atoms with Gasteiger partial charge in [0, 0.05) is 6.04 Å². The van der Waals surface area contributed by atoms with Gasteiger partial charge >= 0.3 is 5.97 Å². The number of aliphatic carboxylic acids is 1. The molecule has 1 saturated carbocycles. The number of hydrogen-bond donors (Lipinski definition) is 2. The van der Waals surface area contributed by atoms with Crippen LogP contribution in [-0.2, 0) is 17.8 Å². The summed E-state index contributed by atoms with van der Waals surface area (Å²) in [6.07, 6.45) is 6.75. The van der Waals surface area contributed by atoms with Gasteiger partial charge in [-0.15, -0.1) is 0 Å². The lowest BCUT2D eigenvalue weighted by Crippen LogP contribution is -2.22. The van der Waals surface area contributed by atoms with Gasteiger partial charge < -0.3 is 25.1 Å². The lowest BCUT2D eigenvalue weighted by molar-refractivity contribution is -0.136. The van der Waals surface area contributed by atoms with E-state index in [1.54, 1.807) is 18.2 Å². The molecule has 6 nitrogen and oxygen atoms in total. The molecule has 0 aliphatic heterocycles. The minimum absolute atomic E-state index is 0.0477. The molecule has 0 atom stereocenters. The number of ether oxygens (including phenoxy) is 3. The zero-order chi connectivity index (χ0) is 22.6. The smallest absolute Gasteiger partial charge is 0.307 e. The van der Waals surface area contributed by atoms with E-state index >= 15 is 0 Å². The Bertz CT molecular complexity index is 798. The van der Waals surface area contributed by atoms with Crippen molar-refractivity contribution in [3.63, 3.8) is 0 Å². The Morgan fingerprint density at radius 2 is 1.68 bits per heavy atom. The third kappa shape index (κ3) is 9.30. The second-order valence-electron chi connectivity index (χ2n) is 8.05. The number of nitrogens with two attached hydrogens (primary N) is 1. The van der Waals surface area contributed by atoms with Crippen LogP contribution in [0.2, 0.25) is 0 Å². The molecule has 1 aliphatic carbocycles. The molecule has 0 aromatic heterocycles. The first-order chi connectivity index (χ1) is 14.9. The summed E-state index contributed by atoms with van der Waals surface area (Å²) in [5.74, 6) is 1.04. The molecular formula is C25H35NO5. The van der Waals surface area contributed by atoms with Gasteiger partial charge in [-0.1, -0.05) is 37.5 Å². The maximum absolute atomic E-state index is 10.8. The Kier molecular flexibility index (Phi) is 10.2. The standard InChI is InChI=1S/C19H22O5.C6H13N/c1-13(2)24-16-7-4-14(5-8-16)12-23-17-9-6-15(11-19(20)21)10-18(17)22-3;7-6-4-2-1-3-5-6/h4-10,13H,11-12H2,1-3H3,(H,20,21);6H,1-5,7H2. The van der Waals surface area contributed by atoms with E-state index in [1.165, 1.54) is 39.2 Å². The first kappa shape index (κ1) is 24.5. The van der Waals surface area contributed by atoms with Crippen LogP contribution in [0.3, 0.4) is 0 Å². The van der Waals surface area contributed by atoms with Crippen molar-refractivity contribution in [2.45, 2.75) is 71.1 Å². The van der Waals surface area contributed by atoms with Crippen molar-refractivity contribution in [1.29, 1.82) is 0 Å². The van der Waals surface area contributed by atoms with E-state index in [1.807, 2.05) is 38.1 Å². The first-order valence-electron chi connectivity index (χ1n) is 10.9. The first-order valence-corrected chi connectivity index (χ1v) is 10.9. The fourth-order valence-corrected chi connectivity index (χ4v) is 3.35. The summed E-state index contributed by atoms with van der Waals surface area (Å²) < 4.78 is 16.7. The van der Waals surface area contributed by atoms with Crippen LogP contribution in [0.15, 0.2) is 42.5 Å². The van der Waals surface area contributed by atoms with Crippen molar-refractivity contribution >= 4 is 5.97 Å². The lowest BCUT2D eigenvalue weighted by atomic mass is 9.97. The van der Waals surface area contributed by atoms with Crippen molar-refractivity contribution < 1.29 is 24.1 Å². The van der Waals surface area contributed by atoms with Crippen LogP contribution < -0.4 is 19.9 Å². The number of benzene rings is 2. The summed E-state index contributed by atoms with van der Waals surface area (Å²) in [6.45, 7) is 4.35. The van der Waals surface area contributed by atoms with E-state index in [2.05, 4.69) is 0 Å². The summed E-state index contributed by atoms with van der Waals surface area (Å²) in [5, 5.41) is 8.85. The molecule has 170 valence electrons. The summed E-state index contributed by atoms with van der Waals surface area (Å²) in [6, 6.07) is 13.4. The maximum Gasteiger partial charge on any atom is 0.307 e. The van der Waals surface area contributed by atoms with Crippen LogP contribution in [0.1, 0.15) is 57.1 Å². The maximum atomic E-state index is 10.8. The van der Waals surface area contributed by atoms with Gasteiger partial charge in [0.05, 0.1) is 19.6 Å². The monoisotopic (exact) mass is 429 g/mol. The fraction of sp³-hybridized carbons (Fsp3) is 0.480. The van der Waals surface area contributed by atoms with Gasteiger partial charge in [0.15, 0.2) is 11.5 Å². The Morgan fingerprint density at radius 3 is 2.19 bits per heavy atom. The van der Waals surface area contributed by atoms with Crippen LogP contribution in [0, 0.1) is 0 Å². The van der Waals surface area contributed by atoms with Crippen LogP contribution in [0.4, 0.5) is 0 Å². The molecule has 31 heavy (non-hydrogen) atoms. The van der Waals surface area contributed by atoms with Crippen molar-refractivity contribution in [2.24, 2.45) is 5.73 Å². The van der Waals surface area contributed by atoms with Crippen LogP contribution in [0.25, 0.3) is 0 Å². The molecule has 3 rings (SSSR count). The molecular weight excluding hydrogens is 394 g/mol. The second kappa shape index (κ2) is 12.8. The summed E-state index contributed by atoms with van der Waals surface area (Å²) >= 11 is 0.